The molecule has 0 aliphatic carbocycles. The maximum atomic E-state index is 11.3. The summed E-state index contributed by atoms with van der Waals surface area (Å²) < 4.78 is 28.5. The first-order valence-corrected chi connectivity index (χ1v) is 11.3. The van der Waals surface area contributed by atoms with Crippen molar-refractivity contribution in [1.29, 1.82) is 0 Å². The fourth-order valence-electron chi connectivity index (χ4n) is 3.15. The lowest BCUT2D eigenvalue weighted by molar-refractivity contribution is -0.00833. The number of aliphatic imine (C=N–C) groups is 1. The quantitative estimate of drug-likeness (QED) is 0.277. The second-order valence-electron chi connectivity index (χ2n) is 6.88. The van der Waals surface area contributed by atoms with Gasteiger partial charge in [-0.1, -0.05) is 23.8 Å². The minimum absolute atomic E-state index is 0. The van der Waals surface area contributed by atoms with Crippen molar-refractivity contribution < 1.29 is 13.2 Å². The second kappa shape index (κ2) is 11.2. The van der Waals surface area contributed by atoms with E-state index in [9.17, 15) is 8.42 Å². The molecule has 1 heterocycles. The van der Waals surface area contributed by atoms with Crippen LogP contribution < -0.4 is 5.32 Å². The van der Waals surface area contributed by atoms with Gasteiger partial charge in [-0.3, -0.25) is 4.99 Å². The van der Waals surface area contributed by atoms with Gasteiger partial charge in [0.15, 0.2) is 5.96 Å². The zero-order chi connectivity index (χ0) is 19.2. The number of ether oxygens (including phenoxy) is 1. The molecule has 0 saturated carbocycles. The number of nitrogens with zero attached hydrogens (tertiary/aromatic N) is 2. The summed E-state index contributed by atoms with van der Waals surface area (Å²) in [4.78, 5) is 6.82. The number of guanidine groups is 1. The monoisotopic (exact) mass is 509 g/mol. The van der Waals surface area contributed by atoms with Crippen LogP contribution in [0.5, 0.6) is 0 Å². The third-order valence-corrected chi connectivity index (χ3v) is 5.44. The normalized spacial score (nSPS) is 18.1. The number of aryl methyl sites for hydroxylation is 2. The minimum Gasteiger partial charge on any atom is -0.370 e. The van der Waals surface area contributed by atoms with Crippen molar-refractivity contribution in [3.8, 4) is 0 Å². The molecule has 27 heavy (non-hydrogen) atoms. The van der Waals surface area contributed by atoms with E-state index in [4.69, 9.17) is 4.74 Å². The van der Waals surface area contributed by atoms with Gasteiger partial charge in [-0.25, -0.2) is 8.42 Å². The molecule has 1 aromatic rings. The molecular weight excluding hydrogens is 477 g/mol. The molecule has 1 aromatic carbocycles. The van der Waals surface area contributed by atoms with E-state index in [2.05, 4.69) is 47.3 Å². The lowest BCUT2D eigenvalue weighted by Crippen LogP contribution is -2.48. The van der Waals surface area contributed by atoms with Gasteiger partial charge in [0, 0.05) is 25.9 Å². The maximum absolute atomic E-state index is 11.3. The van der Waals surface area contributed by atoms with E-state index in [-0.39, 0.29) is 35.8 Å². The fourth-order valence-corrected chi connectivity index (χ4v) is 3.81. The first-order chi connectivity index (χ1) is 12.3. The van der Waals surface area contributed by atoms with Crippen LogP contribution in [0.1, 0.15) is 36.1 Å². The van der Waals surface area contributed by atoms with Crippen molar-refractivity contribution in [3.05, 3.63) is 34.9 Å². The number of hydrogen-bond acceptors (Lipinski definition) is 4. The van der Waals surface area contributed by atoms with Crippen LogP contribution in [0.3, 0.4) is 0 Å². The lowest BCUT2D eigenvalue weighted by atomic mass is 10.00. The minimum atomic E-state index is -2.94. The van der Waals surface area contributed by atoms with E-state index < -0.39 is 9.84 Å². The van der Waals surface area contributed by atoms with Crippen molar-refractivity contribution in [2.45, 2.75) is 33.3 Å². The Labute approximate surface area is 180 Å². The van der Waals surface area contributed by atoms with E-state index in [1.54, 1.807) is 0 Å². The van der Waals surface area contributed by atoms with Crippen LogP contribution in [-0.4, -0.2) is 64.1 Å². The molecule has 6 nitrogen and oxygen atoms in total. The molecule has 1 fully saturated rings. The predicted molar refractivity (Wildman–Crippen MR) is 122 cm³/mol. The Morgan fingerprint density at radius 3 is 2.74 bits per heavy atom. The third kappa shape index (κ3) is 7.95. The Balaban J connectivity index is 0.00000364. The summed E-state index contributed by atoms with van der Waals surface area (Å²) in [5.74, 6) is 1.00. The molecule has 0 spiro atoms. The molecular formula is C19H32IN3O3S. The Kier molecular flexibility index (Phi) is 10.0. The van der Waals surface area contributed by atoms with E-state index >= 15 is 0 Å². The lowest BCUT2D eigenvalue weighted by Gasteiger charge is -2.36. The molecule has 2 rings (SSSR count). The van der Waals surface area contributed by atoms with Crippen LogP contribution in [-0.2, 0) is 14.6 Å². The van der Waals surface area contributed by atoms with E-state index in [0.717, 1.165) is 25.6 Å². The van der Waals surface area contributed by atoms with Gasteiger partial charge < -0.3 is 15.0 Å². The highest BCUT2D eigenvalue weighted by molar-refractivity contribution is 14.0. The Hall–Kier alpha value is -0.870. The van der Waals surface area contributed by atoms with Gasteiger partial charge >= 0.3 is 0 Å². The molecule has 1 unspecified atom stereocenters. The Bertz CT molecular complexity index is 738. The van der Waals surface area contributed by atoms with Crippen LogP contribution in [0, 0.1) is 13.8 Å². The maximum Gasteiger partial charge on any atom is 0.194 e. The average Bonchev–Trinajstić information content (AvgIpc) is 2.57. The Morgan fingerprint density at radius 2 is 2.11 bits per heavy atom. The van der Waals surface area contributed by atoms with Gasteiger partial charge in [-0.05, 0) is 38.3 Å². The number of nitrogens with one attached hydrogen (secondary N) is 1. The van der Waals surface area contributed by atoms with Gasteiger partial charge in [0.05, 0.1) is 18.9 Å². The van der Waals surface area contributed by atoms with E-state index in [1.807, 2.05) is 6.92 Å². The molecule has 0 aromatic heterocycles. The molecule has 0 radical (unpaired) electrons. The van der Waals surface area contributed by atoms with Gasteiger partial charge in [0.25, 0.3) is 0 Å². The zero-order valence-electron chi connectivity index (χ0n) is 16.7. The van der Waals surface area contributed by atoms with Gasteiger partial charge in [0.1, 0.15) is 15.9 Å². The van der Waals surface area contributed by atoms with E-state index in [1.165, 1.54) is 22.9 Å². The van der Waals surface area contributed by atoms with Crippen molar-refractivity contribution in [3.63, 3.8) is 0 Å². The van der Waals surface area contributed by atoms with Crippen LogP contribution in [0.25, 0.3) is 0 Å². The average molecular weight is 509 g/mol. The van der Waals surface area contributed by atoms with Crippen LogP contribution in [0.4, 0.5) is 0 Å². The number of hydrogen-bond donors (Lipinski definition) is 1. The number of sulfone groups is 1. The number of benzene rings is 1. The highest BCUT2D eigenvalue weighted by Gasteiger charge is 2.25. The molecule has 1 N–H and O–H groups in total. The number of morpholine rings is 1. The van der Waals surface area contributed by atoms with Crippen molar-refractivity contribution >= 4 is 39.8 Å². The second-order valence-corrected chi connectivity index (χ2v) is 9.14. The molecule has 154 valence electrons. The SMILES string of the molecule is CCNC(=NCCCS(C)(=O)=O)N1CCOC(c2ccc(C)cc2C)C1.I. The fraction of sp³-hybridized carbons (Fsp3) is 0.632. The highest BCUT2D eigenvalue weighted by Crippen LogP contribution is 2.25. The zero-order valence-corrected chi connectivity index (χ0v) is 19.8. The summed E-state index contributed by atoms with van der Waals surface area (Å²) in [6.07, 6.45) is 1.82. The molecule has 1 aliphatic rings. The summed E-state index contributed by atoms with van der Waals surface area (Å²) in [5.41, 5.74) is 3.71. The third-order valence-electron chi connectivity index (χ3n) is 4.41. The highest BCUT2D eigenvalue weighted by atomic mass is 127. The topological polar surface area (TPSA) is 71.0 Å². The molecule has 0 bridgehead atoms. The largest absolute Gasteiger partial charge is 0.370 e. The van der Waals surface area contributed by atoms with Crippen molar-refractivity contribution in [1.82, 2.24) is 10.2 Å². The van der Waals surface area contributed by atoms with Gasteiger partial charge in [-0.15, -0.1) is 24.0 Å². The van der Waals surface area contributed by atoms with Gasteiger partial charge in [0.2, 0.25) is 0 Å². The molecule has 1 saturated heterocycles. The Morgan fingerprint density at radius 1 is 1.37 bits per heavy atom. The molecule has 1 aliphatic heterocycles. The van der Waals surface area contributed by atoms with Crippen LogP contribution >= 0.6 is 24.0 Å². The van der Waals surface area contributed by atoms with Gasteiger partial charge in [-0.2, -0.15) is 0 Å². The molecule has 1 atom stereocenters. The summed E-state index contributed by atoms with van der Waals surface area (Å²) >= 11 is 0. The number of halogens is 1. The first kappa shape index (κ1) is 24.2. The molecule has 0 amide bonds. The summed E-state index contributed by atoms with van der Waals surface area (Å²) in [6.45, 7) is 9.69. The van der Waals surface area contributed by atoms with Crippen LogP contribution in [0.15, 0.2) is 23.2 Å². The van der Waals surface area contributed by atoms with Crippen molar-refractivity contribution in [2.75, 3.05) is 44.8 Å². The number of rotatable bonds is 6. The smallest absolute Gasteiger partial charge is 0.194 e. The molecule has 8 heteroatoms. The summed E-state index contributed by atoms with van der Waals surface area (Å²) in [7, 11) is -2.94. The first-order valence-electron chi connectivity index (χ1n) is 9.20. The summed E-state index contributed by atoms with van der Waals surface area (Å²) in [6, 6.07) is 6.45. The van der Waals surface area contributed by atoms with Crippen LogP contribution in [0.2, 0.25) is 0 Å². The summed E-state index contributed by atoms with van der Waals surface area (Å²) in [5, 5.41) is 3.32. The standard InChI is InChI=1S/C19H31N3O3S.HI/c1-5-20-19(21-9-6-12-26(4,23)24)22-10-11-25-18(14-22)17-8-7-15(2)13-16(17)3;/h7-8,13,18H,5-6,9-12,14H2,1-4H3,(H,20,21);1H. The predicted octanol–water partition coefficient (Wildman–Crippen LogP) is 2.69. The van der Waals surface area contributed by atoms with E-state index in [0.29, 0.717) is 19.6 Å². The van der Waals surface area contributed by atoms with Crippen molar-refractivity contribution in [2.24, 2.45) is 4.99 Å².